The van der Waals surface area contributed by atoms with Gasteiger partial charge in [-0.25, -0.2) is 4.79 Å². The summed E-state index contributed by atoms with van der Waals surface area (Å²) in [4.78, 5) is 27.9. The van der Waals surface area contributed by atoms with Crippen LogP contribution in [0.1, 0.15) is 13.3 Å². The number of fused-ring (bicyclic) bond motifs is 4. The molecule has 21 heavy (non-hydrogen) atoms. The van der Waals surface area contributed by atoms with Gasteiger partial charge in [0.25, 0.3) is 0 Å². The topological polar surface area (TPSA) is 137 Å². The zero-order chi connectivity index (χ0) is 15.4. The third kappa shape index (κ3) is 2.09. The van der Waals surface area contributed by atoms with Gasteiger partial charge < -0.3 is 14.6 Å². The molecule has 0 aromatic heterocycles. The van der Waals surface area contributed by atoms with Crippen LogP contribution in [0, 0.1) is 0 Å². The highest BCUT2D eigenvalue weighted by Crippen LogP contribution is 2.40. The number of imide groups is 1. The highest BCUT2D eigenvalue weighted by Gasteiger charge is 2.59. The quantitative estimate of drug-likeness (QED) is 0.296. The molecule has 2 N–H and O–H groups in total. The Bertz CT molecular complexity index is 550. The van der Waals surface area contributed by atoms with Crippen molar-refractivity contribution >= 4 is 27.9 Å². The van der Waals surface area contributed by atoms with E-state index < -0.39 is 47.2 Å². The van der Waals surface area contributed by atoms with Crippen LogP contribution in [0.15, 0.2) is 5.11 Å². The lowest BCUT2D eigenvalue weighted by atomic mass is 10.0. The van der Waals surface area contributed by atoms with Crippen LogP contribution in [0.3, 0.4) is 0 Å². The molecule has 10 nitrogen and oxygen atoms in total. The van der Waals surface area contributed by atoms with Crippen LogP contribution in [0.5, 0.6) is 0 Å². The number of urea groups is 1. The van der Waals surface area contributed by atoms with Gasteiger partial charge >= 0.3 is 6.03 Å². The maximum atomic E-state index is 12.1. The van der Waals surface area contributed by atoms with Gasteiger partial charge in [-0.1, -0.05) is 21.0 Å². The summed E-state index contributed by atoms with van der Waals surface area (Å²) in [5.41, 5.74) is 8.54. The fourth-order valence-electron chi connectivity index (χ4n) is 2.73. The fraction of sp³-hybridized carbons (Fsp3) is 0.800. The van der Waals surface area contributed by atoms with Crippen LogP contribution < -0.4 is 5.32 Å². The lowest BCUT2D eigenvalue weighted by Crippen LogP contribution is -2.69. The van der Waals surface area contributed by atoms with E-state index in [9.17, 15) is 14.7 Å². The Morgan fingerprint density at radius 2 is 2.29 bits per heavy atom. The molecule has 114 valence electrons. The van der Waals surface area contributed by atoms with Gasteiger partial charge in [-0.05, 0) is 12.5 Å². The number of hydrogen-bond acceptors (Lipinski definition) is 6. The largest absolute Gasteiger partial charge is 0.366 e. The van der Waals surface area contributed by atoms with Crippen molar-refractivity contribution in [3.05, 3.63) is 10.4 Å². The lowest BCUT2D eigenvalue weighted by molar-refractivity contribution is -0.197. The fourth-order valence-corrected chi connectivity index (χ4v) is 3.16. The maximum absolute atomic E-state index is 12.1. The monoisotopic (exact) mass is 361 g/mol. The summed E-state index contributed by atoms with van der Waals surface area (Å²) in [5.74, 6) is -0.565. The van der Waals surface area contributed by atoms with E-state index in [1.807, 2.05) is 0 Å². The molecule has 0 aromatic carbocycles. The lowest BCUT2D eigenvalue weighted by Gasteiger charge is -2.44. The van der Waals surface area contributed by atoms with E-state index in [2.05, 4.69) is 31.3 Å². The molecule has 0 radical (unpaired) electrons. The number of rotatable bonds is 1. The van der Waals surface area contributed by atoms with Crippen LogP contribution in [-0.4, -0.2) is 57.2 Å². The number of aliphatic hydroxyl groups is 1. The second-order valence-corrected chi connectivity index (χ2v) is 6.83. The second kappa shape index (κ2) is 4.82. The highest BCUT2D eigenvalue weighted by molar-refractivity contribution is 9.10. The summed E-state index contributed by atoms with van der Waals surface area (Å²) < 4.78 is 9.76. The summed E-state index contributed by atoms with van der Waals surface area (Å²) in [6.07, 6.45) is -3.87. The molecule has 0 aliphatic carbocycles. The Labute approximate surface area is 127 Å². The van der Waals surface area contributed by atoms with E-state index in [1.165, 1.54) is 11.8 Å². The van der Waals surface area contributed by atoms with Crippen molar-refractivity contribution in [3.8, 4) is 0 Å². The Kier molecular flexibility index (Phi) is 3.34. The molecular formula is C10H12BrN5O5. The van der Waals surface area contributed by atoms with Crippen molar-refractivity contribution in [1.29, 1.82) is 0 Å². The molecule has 3 fully saturated rings. The smallest absolute Gasteiger partial charge is 0.328 e. The number of halogens is 1. The molecule has 11 heteroatoms. The summed E-state index contributed by atoms with van der Waals surface area (Å²) in [7, 11) is 0. The van der Waals surface area contributed by atoms with Crippen molar-refractivity contribution in [3.63, 3.8) is 0 Å². The molecule has 3 aliphatic heterocycles. The van der Waals surface area contributed by atoms with Gasteiger partial charge in [-0.3, -0.25) is 15.0 Å². The number of azide groups is 1. The first-order valence-corrected chi connectivity index (χ1v) is 7.01. The first kappa shape index (κ1) is 14.5. The van der Waals surface area contributed by atoms with Crippen molar-refractivity contribution in [2.45, 2.75) is 48.6 Å². The number of carbonyl (C=O) groups is 2. The predicted octanol–water partition coefficient (Wildman–Crippen LogP) is 0.160. The van der Waals surface area contributed by atoms with Gasteiger partial charge in [0.05, 0.1) is 6.04 Å². The van der Waals surface area contributed by atoms with E-state index in [-0.39, 0.29) is 6.42 Å². The Balaban J connectivity index is 1.99. The Morgan fingerprint density at radius 3 is 2.95 bits per heavy atom. The average molecular weight is 362 g/mol. The number of aliphatic hydroxyl groups excluding tert-OH is 1. The average Bonchev–Trinajstić information content (AvgIpc) is 2.73. The van der Waals surface area contributed by atoms with E-state index in [0.29, 0.717) is 0 Å². The van der Waals surface area contributed by atoms with Crippen LogP contribution in [0.25, 0.3) is 10.4 Å². The summed E-state index contributed by atoms with van der Waals surface area (Å²) in [5, 5.41) is 15.8. The Morgan fingerprint density at radius 1 is 1.57 bits per heavy atom. The molecule has 2 bridgehead atoms. The number of ether oxygens (including phenoxy) is 2. The molecule has 3 aliphatic rings. The summed E-state index contributed by atoms with van der Waals surface area (Å²) >= 11 is 3.23. The minimum atomic E-state index is -1.42. The number of hydrogen-bond donors (Lipinski definition) is 2. The SMILES string of the molecule is C[C@]1(Br)C(=O)NC(=O)N2[C@H]3C[C@H](N=[N+]=[N-])[C@H](O3)[C@@H](O)O[C@@H]21. The first-order chi connectivity index (χ1) is 9.86. The highest BCUT2D eigenvalue weighted by atomic mass is 79.9. The van der Waals surface area contributed by atoms with E-state index in [0.717, 1.165) is 0 Å². The molecule has 3 amide bonds. The molecule has 0 aromatic rings. The van der Waals surface area contributed by atoms with Crippen molar-refractivity contribution in [1.82, 2.24) is 10.2 Å². The molecule has 3 rings (SSSR count). The normalized spacial score (nSPS) is 45.5. The molecule has 0 spiro atoms. The molecule has 0 unspecified atom stereocenters. The summed E-state index contributed by atoms with van der Waals surface area (Å²) in [6, 6.07) is -1.33. The number of alkyl halides is 1. The van der Waals surface area contributed by atoms with Gasteiger partial charge in [0.2, 0.25) is 5.91 Å². The van der Waals surface area contributed by atoms with Gasteiger partial charge in [0.15, 0.2) is 12.5 Å². The number of carbonyl (C=O) groups excluding carboxylic acids is 2. The minimum absolute atomic E-state index is 0.219. The predicted molar refractivity (Wildman–Crippen MR) is 69.8 cm³/mol. The van der Waals surface area contributed by atoms with E-state index in [4.69, 9.17) is 15.0 Å². The zero-order valence-electron chi connectivity index (χ0n) is 10.8. The molecular weight excluding hydrogens is 350 g/mol. The number of nitrogens with zero attached hydrogens (tertiary/aromatic N) is 4. The third-order valence-electron chi connectivity index (χ3n) is 3.81. The molecule has 3 heterocycles. The van der Waals surface area contributed by atoms with Gasteiger partial charge in [0, 0.05) is 11.3 Å². The number of nitrogens with one attached hydrogen (secondary N) is 1. The van der Waals surface area contributed by atoms with Crippen LogP contribution in [-0.2, 0) is 14.3 Å². The third-order valence-corrected chi connectivity index (χ3v) is 4.56. The minimum Gasteiger partial charge on any atom is -0.366 e. The van der Waals surface area contributed by atoms with Gasteiger partial charge in [-0.15, -0.1) is 0 Å². The van der Waals surface area contributed by atoms with Crippen LogP contribution in [0.4, 0.5) is 4.79 Å². The van der Waals surface area contributed by atoms with Crippen LogP contribution in [0.2, 0.25) is 0 Å². The van der Waals surface area contributed by atoms with Gasteiger partial charge in [-0.2, -0.15) is 0 Å². The van der Waals surface area contributed by atoms with E-state index >= 15 is 0 Å². The zero-order valence-corrected chi connectivity index (χ0v) is 12.4. The molecule has 0 saturated carbocycles. The standard InChI is InChI=1S/C10H12BrN5O5/c1-10(11)7(18)13-9(19)16-4-2-3(14-15-12)5(20-4)6(17)21-8(10)16/h3-6,8,17H,2H2,1H3,(H,13,18,19)/t3-,4+,5-,6-,8+,10-/m0/s1. The number of amides is 3. The van der Waals surface area contributed by atoms with E-state index in [1.54, 1.807) is 0 Å². The van der Waals surface area contributed by atoms with Crippen molar-refractivity contribution < 1.29 is 24.2 Å². The molecule has 3 saturated heterocycles. The molecule has 6 atom stereocenters. The van der Waals surface area contributed by atoms with Crippen molar-refractivity contribution in [2.24, 2.45) is 5.11 Å². The maximum Gasteiger partial charge on any atom is 0.328 e. The first-order valence-electron chi connectivity index (χ1n) is 6.22. The summed E-state index contributed by atoms with van der Waals surface area (Å²) in [6.45, 7) is 1.53. The van der Waals surface area contributed by atoms with Crippen molar-refractivity contribution in [2.75, 3.05) is 0 Å². The van der Waals surface area contributed by atoms with Crippen LogP contribution >= 0.6 is 15.9 Å². The van der Waals surface area contributed by atoms with Gasteiger partial charge in [0.1, 0.15) is 16.7 Å². The second-order valence-electron chi connectivity index (χ2n) is 5.18. The Hall–Kier alpha value is -1.39.